The maximum Gasteiger partial charge on any atom is 0.354 e. The summed E-state index contributed by atoms with van der Waals surface area (Å²) in [5, 5.41) is 22.2. The van der Waals surface area contributed by atoms with Crippen LogP contribution in [-0.2, 0) is 6.54 Å². The van der Waals surface area contributed by atoms with Gasteiger partial charge in [0.2, 0.25) is 0 Å². The monoisotopic (exact) mass is 264 g/mol. The van der Waals surface area contributed by atoms with E-state index in [1.54, 1.807) is 12.1 Å². The van der Waals surface area contributed by atoms with Crippen LogP contribution in [0.4, 0.5) is 0 Å². The predicted octanol–water partition coefficient (Wildman–Crippen LogP) is 1.56. The van der Waals surface area contributed by atoms with Crippen molar-refractivity contribution in [3.63, 3.8) is 0 Å². The fourth-order valence-corrected chi connectivity index (χ4v) is 2.46. The summed E-state index contributed by atoms with van der Waals surface area (Å²) in [5.74, 6) is -1.02. The summed E-state index contributed by atoms with van der Waals surface area (Å²) in [6, 6.07) is 5.05. The first-order valence-corrected chi connectivity index (χ1v) is 6.77. The number of aromatic nitrogens is 1. The van der Waals surface area contributed by atoms with Gasteiger partial charge < -0.3 is 15.5 Å². The third-order valence-corrected chi connectivity index (χ3v) is 3.55. The van der Waals surface area contributed by atoms with Crippen LogP contribution in [0, 0.1) is 0 Å². The molecule has 1 aromatic heterocycles. The van der Waals surface area contributed by atoms with Gasteiger partial charge in [0.1, 0.15) is 5.69 Å². The van der Waals surface area contributed by atoms with Crippen LogP contribution in [0.2, 0.25) is 0 Å². The van der Waals surface area contributed by atoms with Gasteiger partial charge in [-0.1, -0.05) is 25.3 Å². The maximum atomic E-state index is 10.8. The van der Waals surface area contributed by atoms with Crippen molar-refractivity contribution in [1.29, 1.82) is 0 Å². The van der Waals surface area contributed by atoms with Gasteiger partial charge in [0.15, 0.2) is 0 Å². The summed E-state index contributed by atoms with van der Waals surface area (Å²) in [6.45, 7) is 0.489. The van der Waals surface area contributed by atoms with E-state index < -0.39 is 5.97 Å². The Bertz CT molecular complexity index is 436. The van der Waals surface area contributed by atoms with Gasteiger partial charge in [-0.2, -0.15) is 0 Å². The number of aliphatic hydroxyl groups is 1. The number of aromatic carboxylic acids is 1. The Kier molecular flexibility index (Phi) is 4.87. The minimum absolute atomic E-state index is 0.0562. The van der Waals surface area contributed by atoms with Crippen LogP contribution in [0.15, 0.2) is 18.2 Å². The zero-order chi connectivity index (χ0) is 13.7. The molecule has 0 spiro atoms. The summed E-state index contributed by atoms with van der Waals surface area (Å²) >= 11 is 0. The molecular weight excluding hydrogens is 244 g/mol. The Hall–Kier alpha value is -1.46. The minimum Gasteiger partial charge on any atom is -0.477 e. The number of carbonyl (C=O) groups is 1. The van der Waals surface area contributed by atoms with E-state index in [-0.39, 0.29) is 17.8 Å². The average molecular weight is 264 g/mol. The molecule has 0 aromatic carbocycles. The number of pyridine rings is 1. The lowest BCUT2D eigenvalue weighted by Crippen LogP contribution is -2.38. The number of nitrogens with one attached hydrogen (secondary N) is 1. The summed E-state index contributed by atoms with van der Waals surface area (Å²) in [7, 11) is 0. The molecule has 104 valence electrons. The van der Waals surface area contributed by atoms with E-state index in [9.17, 15) is 9.90 Å². The molecular formula is C14H20N2O3. The van der Waals surface area contributed by atoms with E-state index in [2.05, 4.69) is 10.3 Å². The fraction of sp³-hybridized carbons (Fsp3) is 0.571. The smallest absolute Gasteiger partial charge is 0.354 e. The molecule has 2 rings (SSSR count). The van der Waals surface area contributed by atoms with Gasteiger partial charge in [-0.25, -0.2) is 9.78 Å². The van der Waals surface area contributed by atoms with Crippen molar-refractivity contribution in [2.24, 2.45) is 0 Å². The van der Waals surface area contributed by atoms with Gasteiger partial charge in [0.25, 0.3) is 0 Å². The largest absolute Gasteiger partial charge is 0.477 e. The maximum absolute atomic E-state index is 10.8. The van der Waals surface area contributed by atoms with Crippen LogP contribution in [0.3, 0.4) is 0 Å². The molecule has 0 bridgehead atoms. The highest BCUT2D eigenvalue weighted by molar-refractivity contribution is 5.85. The highest BCUT2D eigenvalue weighted by Gasteiger charge is 2.21. The summed E-state index contributed by atoms with van der Waals surface area (Å²) in [6.07, 6.45) is 4.84. The Balaban J connectivity index is 1.93. The fourth-order valence-electron chi connectivity index (χ4n) is 2.46. The van der Waals surface area contributed by atoms with E-state index in [0.29, 0.717) is 12.2 Å². The normalized spacial score (nSPS) is 23.8. The molecule has 5 heteroatoms. The summed E-state index contributed by atoms with van der Waals surface area (Å²) in [5.41, 5.74) is 0.747. The van der Waals surface area contributed by atoms with E-state index in [0.717, 1.165) is 25.7 Å². The summed E-state index contributed by atoms with van der Waals surface area (Å²) in [4.78, 5) is 14.9. The molecule has 3 N–H and O–H groups in total. The molecule has 0 amide bonds. The number of carboxylic acid groups (broad SMARTS) is 1. The molecule has 1 aliphatic rings. The minimum atomic E-state index is -1.02. The molecule has 2 unspecified atom stereocenters. The van der Waals surface area contributed by atoms with Gasteiger partial charge in [0.05, 0.1) is 11.8 Å². The second-order valence-electron chi connectivity index (χ2n) is 5.01. The van der Waals surface area contributed by atoms with Crippen molar-refractivity contribution in [3.05, 3.63) is 29.6 Å². The third kappa shape index (κ3) is 4.01. The van der Waals surface area contributed by atoms with Crippen LogP contribution in [-0.4, -0.2) is 33.3 Å². The molecule has 1 saturated carbocycles. The van der Waals surface area contributed by atoms with Crippen molar-refractivity contribution in [2.75, 3.05) is 0 Å². The molecule has 5 nitrogen and oxygen atoms in total. The number of rotatable bonds is 4. The lowest BCUT2D eigenvalue weighted by Gasteiger charge is -2.21. The zero-order valence-corrected chi connectivity index (χ0v) is 10.9. The lowest BCUT2D eigenvalue weighted by atomic mass is 10.1. The van der Waals surface area contributed by atoms with Gasteiger partial charge >= 0.3 is 5.97 Å². The van der Waals surface area contributed by atoms with E-state index in [1.807, 2.05) is 0 Å². The number of nitrogens with zero attached hydrogens (tertiary/aromatic N) is 1. The first-order chi connectivity index (χ1) is 9.16. The van der Waals surface area contributed by atoms with Crippen molar-refractivity contribution in [3.8, 4) is 0 Å². The van der Waals surface area contributed by atoms with E-state index in [1.165, 1.54) is 12.5 Å². The standard InChI is InChI=1S/C14H20N2O3/c17-13-8-3-1-2-6-11(13)15-9-10-5-4-7-12(16-10)14(18)19/h4-5,7,11,13,15,17H,1-3,6,8-9H2,(H,18,19). The Labute approximate surface area is 112 Å². The number of hydrogen-bond donors (Lipinski definition) is 3. The molecule has 1 aliphatic carbocycles. The van der Waals surface area contributed by atoms with Crippen molar-refractivity contribution >= 4 is 5.97 Å². The highest BCUT2D eigenvalue weighted by atomic mass is 16.4. The average Bonchev–Trinajstić information content (AvgIpc) is 2.61. The molecule has 19 heavy (non-hydrogen) atoms. The number of hydrogen-bond acceptors (Lipinski definition) is 4. The van der Waals surface area contributed by atoms with Crippen LogP contribution < -0.4 is 5.32 Å². The Morgan fingerprint density at radius 1 is 1.32 bits per heavy atom. The molecule has 1 fully saturated rings. The van der Waals surface area contributed by atoms with E-state index in [4.69, 9.17) is 5.11 Å². The first-order valence-electron chi connectivity index (χ1n) is 6.77. The van der Waals surface area contributed by atoms with Crippen molar-refractivity contribution in [1.82, 2.24) is 10.3 Å². The van der Waals surface area contributed by atoms with Crippen LogP contribution in [0.5, 0.6) is 0 Å². The topological polar surface area (TPSA) is 82.5 Å². The molecule has 0 saturated heterocycles. The van der Waals surface area contributed by atoms with Crippen LogP contribution in [0.25, 0.3) is 0 Å². The Morgan fingerprint density at radius 2 is 2.11 bits per heavy atom. The SMILES string of the molecule is O=C(O)c1cccc(CNC2CCCCCC2O)n1. The van der Waals surface area contributed by atoms with Crippen LogP contribution in [0.1, 0.15) is 48.3 Å². The second-order valence-corrected chi connectivity index (χ2v) is 5.01. The molecule has 0 radical (unpaired) electrons. The molecule has 0 aliphatic heterocycles. The zero-order valence-electron chi connectivity index (χ0n) is 10.9. The highest BCUT2D eigenvalue weighted by Crippen LogP contribution is 2.18. The summed E-state index contributed by atoms with van der Waals surface area (Å²) < 4.78 is 0. The molecule has 2 atom stereocenters. The number of aliphatic hydroxyl groups excluding tert-OH is 1. The number of carboxylic acids is 1. The van der Waals surface area contributed by atoms with Crippen LogP contribution >= 0.6 is 0 Å². The van der Waals surface area contributed by atoms with Gasteiger partial charge in [-0.3, -0.25) is 0 Å². The third-order valence-electron chi connectivity index (χ3n) is 3.55. The lowest BCUT2D eigenvalue weighted by molar-refractivity contribution is 0.0690. The Morgan fingerprint density at radius 3 is 2.89 bits per heavy atom. The van der Waals surface area contributed by atoms with Gasteiger partial charge in [-0.15, -0.1) is 0 Å². The van der Waals surface area contributed by atoms with Crippen molar-refractivity contribution in [2.45, 2.75) is 50.8 Å². The van der Waals surface area contributed by atoms with Gasteiger partial charge in [-0.05, 0) is 25.0 Å². The molecule has 1 aromatic rings. The predicted molar refractivity (Wildman–Crippen MR) is 70.9 cm³/mol. The molecule has 1 heterocycles. The van der Waals surface area contributed by atoms with Gasteiger partial charge in [0, 0.05) is 12.6 Å². The quantitative estimate of drug-likeness (QED) is 0.719. The van der Waals surface area contributed by atoms with Crippen molar-refractivity contribution < 1.29 is 15.0 Å². The second kappa shape index (κ2) is 6.63. The first kappa shape index (κ1) is 14.0. The van der Waals surface area contributed by atoms with E-state index >= 15 is 0 Å².